The number of benzene rings is 1. The van der Waals surface area contributed by atoms with Crippen molar-refractivity contribution in [1.29, 1.82) is 0 Å². The molecule has 20 heavy (non-hydrogen) atoms. The molecule has 0 fully saturated rings. The van der Waals surface area contributed by atoms with Gasteiger partial charge in [-0.15, -0.1) is 0 Å². The quantitative estimate of drug-likeness (QED) is 0.799. The van der Waals surface area contributed by atoms with Gasteiger partial charge in [0, 0.05) is 24.3 Å². The third-order valence-electron chi connectivity index (χ3n) is 2.82. The molecule has 4 nitrogen and oxygen atoms in total. The van der Waals surface area contributed by atoms with Crippen molar-refractivity contribution in [1.82, 2.24) is 5.32 Å². The third kappa shape index (κ3) is 5.04. The lowest BCUT2D eigenvalue weighted by Crippen LogP contribution is -2.32. The highest BCUT2D eigenvalue weighted by Gasteiger charge is 2.10. The first-order valence-corrected chi connectivity index (χ1v) is 6.77. The van der Waals surface area contributed by atoms with Gasteiger partial charge in [-0.2, -0.15) is 0 Å². The summed E-state index contributed by atoms with van der Waals surface area (Å²) in [6.07, 6.45) is 0.00414. The van der Waals surface area contributed by atoms with E-state index in [2.05, 4.69) is 17.2 Å². The molecule has 0 saturated carbocycles. The Morgan fingerprint density at radius 1 is 1.50 bits per heavy atom. The first kappa shape index (κ1) is 16.2. The van der Waals surface area contributed by atoms with Crippen LogP contribution in [0.3, 0.4) is 0 Å². The van der Waals surface area contributed by atoms with Crippen LogP contribution in [0.15, 0.2) is 18.2 Å². The molecule has 0 bridgehead atoms. The molecule has 0 heterocycles. The Hall–Kier alpha value is -1.83. The lowest BCUT2D eigenvalue weighted by Gasteiger charge is -2.13. The van der Waals surface area contributed by atoms with Crippen LogP contribution in [0.5, 0.6) is 0 Å². The Balaban J connectivity index is 2.76. The van der Waals surface area contributed by atoms with Crippen molar-refractivity contribution in [2.24, 2.45) is 5.73 Å². The van der Waals surface area contributed by atoms with E-state index >= 15 is 0 Å². The van der Waals surface area contributed by atoms with Gasteiger partial charge < -0.3 is 15.8 Å². The first-order valence-electron chi connectivity index (χ1n) is 6.77. The molecule has 0 spiro atoms. The molecule has 0 aliphatic carbocycles. The molecule has 0 aromatic heterocycles. The number of aryl methyl sites for hydroxylation is 1. The standard InChI is InChI=1S/C16H22N2O2/c1-4-20-13(3)11-18-16(19)15-10-14(6-5-9-17)8-7-12(15)2/h7-8,10,13H,4,9,11,17H2,1-3H3,(H,18,19). The van der Waals surface area contributed by atoms with Gasteiger partial charge in [-0.05, 0) is 38.5 Å². The normalized spacial score (nSPS) is 11.4. The monoisotopic (exact) mass is 274 g/mol. The largest absolute Gasteiger partial charge is 0.377 e. The third-order valence-corrected chi connectivity index (χ3v) is 2.82. The van der Waals surface area contributed by atoms with Gasteiger partial charge in [0.2, 0.25) is 0 Å². The van der Waals surface area contributed by atoms with E-state index < -0.39 is 0 Å². The predicted octanol–water partition coefficient (Wildman–Crippen LogP) is 1.46. The number of rotatable bonds is 5. The van der Waals surface area contributed by atoms with Crippen LogP contribution in [0.2, 0.25) is 0 Å². The summed E-state index contributed by atoms with van der Waals surface area (Å²) in [5, 5.41) is 2.87. The highest BCUT2D eigenvalue weighted by molar-refractivity contribution is 5.96. The second-order valence-electron chi connectivity index (χ2n) is 4.51. The minimum atomic E-state index is -0.106. The van der Waals surface area contributed by atoms with Crippen LogP contribution in [0.4, 0.5) is 0 Å². The van der Waals surface area contributed by atoms with Gasteiger partial charge in [-0.3, -0.25) is 4.79 Å². The molecule has 3 N–H and O–H groups in total. The number of carbonyl (C=O) groups excluding carboxylic acids is 1. The van der Waals surface area contributed by atoms with Crippen LogP contribution < -0.4 is 11.1 Å². The molecule has 0 saturated heterocycles. The summed E-state index contributed by atoms with van der Waals surface area (Å²) < 4.78 is 5.38. The Labute approximate surface area is 120 Å². The van der Waals surface area contributed by atoms with Crippen LogP contribution in [-0.2, 0) is 4.74 Å². The van der Waals surface area contributed by atoms with E-state index in [1.165, 1.54) is 0 Å². The van der Waals surface area contributed by atoms with Gasteiger partial charge in [0.15, 0.2) is 0 Å². The lowest BCUT2D eigenvalue weighted by molar-refractivity contribution is 0.0695. The Morgan fingerprint density at radius 2 is 2.25 bits per heavy atom. The van der Waals surface area contributed by atoms with E-state index in [9.17, 15) is 4.79 Å². The average Bonchev–Trinajstić information content (AvgIpc) is 2.44. The van der Waals surface area contributed by atoms with Crippen molar-refractivity contribution in [3.05, 3.63) is 34.9 Å². The zero-order valence-electron chi connectivity index (χ0n) is 12.3. The minimum Gasteiger partial charge on any atom is -0.377 e. The SMILES string of the molecule is CCOC(C)CNC(=O)c1cc(C#CCN)ccc1C. The summed E-state index contributed by atoms with van der Waals surface area (Å²) in [6.45, 7) is 7.20. The van der Waals surface area contributed by atoms with Crippen molar-refractivity contribution in [3.8, 4) is 11.8 Å². The maximum Gasteiger partial charge on any atom is 0.251 e. The van der Waals surface area contributed by atoms with Gasteiger partial charge in [0.1, 0.15) is 0 Å². The molecule has 4 heteroatoms. The number of amides is 1. The topological polar surface area (TPSA) is 64.3 Å². The van der Waals surface area contributed by atoms with Gasteiger partial charge in [-0.1, -0.05) is 17.9 Å². The predicted molar refractivity (Wildman–Crippen MR) is 80.5 cm³/mol. The van der Waals surface area contributed by atoms with Crippen molar-refractivity contribution >= 4 is 5.91 Å². The fourth-order valence-electron chi connectivity index (χ4n) is 1.77. The molecule has 108 valence electrons. The molecule has 0 aliphatic rings. The van der Waals surface area contributed by atoms with Crippen LogP contribution in [-0.4, -0.2) is 31.7 Å². The second kappa shape index (κ2) is 8.36. The van der Waals surface area contributed by atoms with Crippen LogP contribution in [0, 0.1) is 18.8 Å². The average molecular weight is 274 g/mol. The number of ether oxygens (including phenoxy) is 1. The smallest absolute Gasteiger partial charge is 0.251 e. The van der Waals surface area contributed by atoms with Crippen LogP contribution in [0.25, 0.3) is 0 Å². The van der Waals surface area contributed by atoms with Crippen LogP contribution in [0.1, 0.15) is 35.3 Å². The minimum absolute atomic E-state index is 0.00414. The van der Waals surface area contributed by atoms with Gasteiger partial charge in [0.05, 0.1) is 12.6 Å². The fraction of sp³-hybridized carbons (Fsp3) is 0.438. The molecule has 1 aromatic carbocycles. The zero-order valence-corrected chi connectivity index (χ0v) is 12.3. The summed E-state index contributed by atoms with van der Waals surface area (Å²) in [5.41, 5.74) is 7.70. The molecule has 1 atom stereocenters. The molecule has 1 rings (SSSR count). The number of carbonyl (C=O) groups is 1. The summed E-state index contributed by atoms with van der Waals surface area (Å²) in [6, 6.07) is 5.57. The maximum absolute atomic E-state index is 12.2. The number of hydrogen-bond donors (Lipinski definition) is 2. The zero-order chi connectivity index (χ0) is 15.0. The van der Waals surface area contributed by atoms with E-state index in [0.29, 0.717) is 25.3 Å². The first-order chi connectivity index (χ1) is 9.58. The van der Waals surface area contributed by atoms with E-state index in [0.717, 1.165) is 11.1 Å². The van der Waals surface area contributed by atoms with Crippen molar-refractivity contribution in [3.63, 3.8) is 0 Å². The summed E-state index contributed by atoms with van der Waals surface area (Å²) in [5.74, 6) is 5.61. The molecular formula is C16H22N2O2. The Kier molecular flexibility index (Phi) is 6.78. The number of hydrogen-bond acceptors (Lipinski definition) is 3. The number of nitrogens with two attached hydrogens (primary N) is 1. The van der Waals surface area contributed by atoms with Gasteiger partial charge in [-0.25, -0.2) is 0 Å². The van der Waals surface area contributed by atoms with Crippen molar-refractivity contribution < 1.29 is 9.53 Å². The maximum atomic E-state index is 12.2. The molecular weight excluding hydrogens is 252 g/mol. The van der Waals surface area contributed by atoms with Gasteiger partial charge in [0.25, 0.3) is 5.91 Å². The Morgan fingerprint density at radius 3 is 2.90 bits per heavy atom. The molecule has 1 amide bonds. The summed E-state index contributed by atoms with van der Waals surface area (Å²) in [7, 11) is 0. The molecule has 0 radical (unpaired) electrons. The fourth-order valence-corrected chi connectivity index (χ4v) is 1.77. The number of nitrogens with one attached hydrogen (secondary N) is 1. The molecule has 0 aliphatic heterocycles. The van der Waals surface area contributed by atoms with E-state index in [1.807, 2.05) is 32.9 Å². The van der Waals surface area contributed by atoms with Crippen molar-refractivity contribution in [2.45, 2.75) is 26.9 Å². The highest BCUT2D eigenvalue weighted by Crippen LogP contribution is 2.10. The Bertz CT molecular complexity index is 515. The molecule has 1 aromatic rings. The highest BCUT2D eigenvalue weighted by atomic mass is 16.5. The van der Waals surface area contributed by atoms with Crippen molar-refractivity contribution in [2.75, 3.05) is 19.7 Å². The summed E-state index contributed by atoms with van der Waals surface area (Å²) in [4.78, 5) is 12.2. The molecule has 1 unspecified atom stereocenters. The van der Waals surface area contributed by atoms with Gasteiger partial charge >= 0.3 is 0 Å². The van der Waals surface area contributed by atoms with E-state index in [1.54, 1.807) is 6.07 Å². The van der Waals surface area contributed by atoms with E-state index in [-0.39, 0.29) is 12.0 Å². The lowest BCUT2D eigenvalue weighted by atomic mass is 10.0. The van der Waals surface area contributed by atoms with Crippen LogP contribution >= 0.6 is 0 Å². The second-order valence-corrected chi connectivity index (χ2v) is 4.51. The van der Waals surface area contributed by atoms with E-state index in [4.69, 9.17) is 10.5 Å². The summed E-state index contributed by atoms with van der Waals surface area (Å²) >= 11 is 0.